The van der Waals surface area contributed by atoms with Gasteiger partial charge in [-0.3, -0.25) is 0 Å². The lowest BCUT2D eigenvalue weighted by Gasteiger charge is -2.38. The summed E-state index contributed by atoms with van der Waals surface area (Å²) in [5.74, 6) is 0.386. The number of nitrogen functional groups attached to an aromatic ring is 4. The Labute approximate surface area is 218 Å². The molecule has 0 aliphatic heterocycles. The maximum atomic E-state index is 14.5. The smallest absolute Gasteiger partial charge is 0.411 e. The largest absolute Gasteiger partial charge is 0.457 e. The number of nitrogens with two attached hydrogens (primary N) is 4. The molecule has 0 aromatic heterocycles. The molecule has 0 aliphatic carbocycles. The first-order chi connectivity index (χ1) is 18.2. The fourth-order valence-electron chi connectivity index (χ4n) is 4.03. The van der Waals surface area contributed by atoms with Gasteiger partial charge in [0.05, 0.1) is 22.7 Å². The van der Waals surface area contributed by atoms with Gasteiger partial charge in [-0.05, 0) is 59.7 Å². The average molecular weight is 548 g/mol. The summed E-state index contributed by atoms with van der Waals surface area (Å²) in [6.45, 7) is 0. The van der Waals surface area contributed by atoms with Crippen molar-refractivity contribution < 1.29 is 35.8 Å². The van der Waals surface area contributed by atoms with E-state index in [0.29, 0.717) is 0 Å². The van der Waals surface area contributed by atoms with E-state index in [1.54, 1.807) is 0 Å². The van der Waals surface area contributed by atoms with Gasteiger partial charge < -0.3 is 32.4 Å². The van der Waals surface area contributed by atoms with Crippen molar-refractivity contribution in [3.05, 3.63) is 96.1 Å². The van der Waals surface area contributed by atoms with E-state index in [4.69, 9.17) is 32.4 Å². The van der Waals surface area contributed by atoms with Crippen LogP contribution in [0.5, 0.6) is 23.0 Å². The minimum Gasteiger partial charge on any atom is -0.457 e. The Bertz CT molecular complexity index is 1360. The summed E-state index contributed by atoms with van der Waals surface area (Å²) in [6, 6.07) is 15.5. The molecule has 0 aliphatic rings. The molecule has 204 valence electrons. The Hall–Kier alpha value is -4.74. The van der Waals surface area contributed by atoms with Crippen molar-refractivity contribution in [3.63, 3.8) is 0 Å². The second-order valence-corrected chi connectivity index (χ2v) is 8.58. The van der Waals surface area contributed by atoms with Crippen LogP contribution in [0.1, 0.15) is 11.1 Å². The molecule has 4 rings (SSSR count). The predicted octanol–water partition coefficient (Wildman–Crippen LogP) is 7.01. The molecule has 0 unspecified atom stereocenters. The van der Waals surface area contributed by atoms with E-state index in [0.717, 1.165) is 48.5 Å². The van der Waals surface area contributed by atoms with E-state index in [2.05, 4.69) is 0 Å². The van der Waals surface area contributed by atoms with Crippen LogP contribution in [0.25, 0.3) is 0 Å². The molecule has 39 heavy (non-hydrogen) atoms. The third-order valence-corrected chi connectivity index (χ3v) is 6.01. The number of benzene rings is 4. The number of hydrogen-bond acceptors (Lipinski definition) is 6. The quantitative estimate of drug-likeness (QED) is 0.152. The highest BCUT2D eigenvalue weighted by atomic mass is 19.4. The number of rotatable bonds is 6. The molecule has 0 radical (unpaired) electrons. The number of ether oxygens (including phenoxy) is 2. The number of hydrogen-bond donors (Lipinski definition) is 4. The molecule has 0 bridgehead atoms. The molecule has 0 atom stereocenters. The van der Waals surface area contributed by atoms with Crippen molar-refractivity contribution in [2.24, 2.45) is 0 Å². The van der Waals surface area contributed by atoms with Crippen molar-refractivity contribution in [1.82, 2.24) is 0 Å². The van der Waals surface area contributed by atoms with Crippen LogP contribution in [0.4, 0.5) is 49.1 Å². The van der Waals surface area contributed by atoms with Crippen LogP contribution in [0.2, 0.25) is 0 Å². The Morgan fingerprint density at radius 3 is 1.00 bits per heavy atom. The van der Waals surface area contributed by atoms with Crippen LogP contribution >= 0.6 is 0 Å². The van der Waals surface area contributed by atoms with E-state index < -0.39 is 28.9 Å². The first kappa shape index (κ1) is 27.3. The SMILES string of the molecule is Nc1ccc(Oc2ccc(C(c3ccc(Oc4ccc(N)c(N)c4)cc3)(C(F)(F)F)C(F)(F)F)cc2)cc1N. The fraction of sp³-hybridized carbons (Fsp3) is 0.111. The van der Waals surface area contributed by atoms with Gasteiger partial charge in [-0.15, -0.1) is 0 Å². The van der Waals surface area contributed by atoms with Crippen LogP contribution in [0.15, 0.2) is 84.9 Å². The molecule has 0 heterocycles. The van der Waals surface area contributed by atoms with Gasteiger partial charge in [0.2, 0.25) is 5.41 Å². The van der Waals surface area contributed by atoms with Crippen LogP contribution in [-0.2, 0) is 5.41 Å². The molecule has 4 aromatic rings. The van der Waals surface area contributed by atoms with Crippen LogP contribution in [-0.4, -0.2) is 12.4 Å². The van der Waals surface area contributed by atoms with Crippen LogP contribution in [0.3, 0.4) is 0 Å². The molecule has 8 N–H and O–H groups in total. The monoisotopic (exact) mass is 548 g/mol. The molecule has 0 spiro atoms. The fourth-order valence-corrected chi connectivity index (χ4v) is 4.03. The molecular formula is C27H22F6N4O2. The maximum absolute atomic E-state index is 14.5. The zero-order valence-electron chi connectivity index (χ0n) is 20.0. The lowest BCUT2D eigenvalue weighted by atomic mass is 9.73. The summed E-state index contributed by atoms with van der Waals surface area (Å²) < 4.78 is 97.8. The van der Waals surface area contributed by atoms with Gasteiger partial charge in [0.15, 0.2) is 0 Å². The second-order valence-electron chi connectivity index (χ2n) is 8.58. The Kier molecular flexibility index (Phi) is 6.90. The zero-order chi connectivity index (χ0) is 28.6. The Morgan fingerprint density at radius 2 is 0.718 bits per heavy atom. The van der Waals surface area contributed by atoms with Crippen LogP contribution < -0.4 is 32.4 Å². The van der Waals surface area contributed by atoms with Gasteiger partial charge in [0, 0.05) is 12.1 Å². The summed E-state index contributed by atoms with van der Waals surface area (Å²) in [4.78, 5) is 0. The van der Waals surface area contributed by atoms with Crippen LogP contribution in [0, 0.1) is 0 Å². The normalized spacial score (nSPS) is 12.3. The number of anilines is 4. The van der Waals surface area contributed by atoms with Crippen molar-refractivity contribution in [1.29, 1.82) is 0 Å². The molecule has 0 saturated heterocycles. The maximum Gasteiger partial charge on any atom is 0.411 e. The molecule has 4 aromatic carbocycles. The van der Waals surface area contributed by atoms with Gasteiger partial charge in [-0.25, -0.2) is 0 Å². The molecular weight excluding hydrogens is 526 g/mol. The minimum atomic E-state index is -5.76. The molecule has 12 heteroatoms. The van der Waals surface area contributed by atoms with E-state index in [1.807, 2.05) is 0 Å². The van der Waals surface area contributed by atoms with Gasteiger partial charge in [-0.2, -0.15) is 26.3 Å². The van der Waals surface area contributed by atoms with Gasteiger partial charge >= 0.3 is 12.4 Å². The number of halogens is 6. The zero-order valence-corrected chi connectivity index (χ0v) is 20.0. The summed E-state index contributed by atoms with van der Waals surface area (Å²) in [7, 11) is 0. The molecule has 0 fully saturated rings. The van der Waals surface area contributed by atoms with Gasteiger partial charge in [0.1, 0.15) is 23.0 Å². The first-order valence-corrected chi connectivity index (χ1v) is 11.2. The van der Waals surface area contributed by atoms with Crippen molar-refractivity contribution in [2.75, 3.05) is 22.9 Å². The Morgan fingerprint density at radius 1 is 0.410 bits per heavy atom. The lowest BCUT2D eigenvalue weighted by Crippen LogP contribution is -2.54. The first-order valence-electron chi connectivity index (χ1n) is 11.2. The second kappa shape index (κ2) is 9.86. The summed E-state index contributed by atoms with van der Waals surface area (Å²) in [5.41, 5.74) is 17.2. The van der Waals surface area contributed by atoms with E-state index in [-0.39, 0.29) is 45.7 Å². The van der Waals surface area contributed by atoms with Gasteiger partial charge in [-0.1, -0.05) is 24.3 Å². The summed E-state index contributed by atoms with van der Waals surface area (Å²) >= 11 is 0. The predicted molar refractivity (Wildman–Crippen MR) is 136 cm³/mol. The molecule has 0 amide bonds. The van der Waals surface area contributed by atoms with E-state index in [1.165, 1.54) is 36.4 Å². The summed E-state index contributed by atoms with van der Waals surface area (Å²) in [5, 5.41) is 0. The highest BCUT2D eigenvalue weighted by Crippen LogP contribution is 2.56. The molecule has 6 nitrogen and oxygen atoms in total. The minimum absolute atomic E-state index is 0.00677. The number of alkyl halides is 6. The lowest BCUT2D eigenvalue weighted by molar-refractivity contribution is -0.288. The van der Waals surface area contributed by atoms with Crippen molar-refractivity contribution >= 4 is 22.7 Å². The third kappa shape index (κ3) is 5.17. The van der Waals surface area contributed by atoms with E-state index >= 15 is 0 Å². The topological polar surface area (TPSA) is 123 Å². The van der Waals surface area contributed by atoms with Crippen molar-refractivity contribution in [3.8, 4) is 23.0 Å². The average Bonchev–Trinajstić information content (AvgIpc) is 2.84. The highest BCUT2D eigenvalue weighted by Gasteiger charge is 2.72. The summed E-state index contributed by atoms with van der Waals surface area (Å²) in [6.07, 6.45) is -11.5. The third-order valence-electron chi connectivity index (χ3n) is 6.01. The standard InChI is InChI=1S/C27H22F6N4O2/c28-26(29,30)25(27(31,32)33,15-1-5-17(6-2-15)38-19-9-11-21(34)23(36)13-19)16-3-7-18(8-4-16)39-20-10-12-22(35)24(37)14-20/h1-14H,34-37H2. The Balaban J connectivity index is 1.71. The molecule has 0 saturated carbocycles. The van der Waals surface area contributed by atoms with Crippen molar-refractivity contribution in [2.45, 2.75) is 17.8 Å². The van der Waals surface area contributed by atoms with E-state index in [9.17, 15) is 26.3 Å². The highest BCUT2D eigenvalue weighted by molar-refractivity contribution is 5.66. The van der Waals surface area contributed by atoms with Gasteiger partial charge in [0.25, 0.3) is 0 Å².